The van der Waals surface area contributed by atoms with E-state index in [1.165, 1.54) is 128 Å². The van der Waals surface area contributed by atoms with Crippen molar-refractivity contribution in [1.29, 1.82) is 0 Å². The van der Waals surface area contributed by atoms with Crippen molar-refractivity contribution in [3.05, 3.63) is 109 Å². The van der Waals surface area contributed by atoms with Gasteiger partial charge in [-0.15, -0.1) is 0 Å². The van der Waals surface area contributed by atoms with Gasteiger partial charge >= 0.3 is 17.9 Å². The van der Waals surface area contributed by atoms with E-state index in [0.717, 1.165) is 135 Å². The van der Waals surface area contributed by atoms with Crippen LogP contribution in [0.25, 0.3) is 0 Å². The van der Waals surface area contributed by atoms with Crippen LogP contribution >= 0.6 is 0 Å². The minimum absolute atomic E-state index is 0.0951. The van der Waals surface area contributed by atoms with Crippen LogP contribution in [0.5, 0.6) is 0 Å². The van der Waals surface area contributed by atoms with Crippen molar-refractivity contribution in [2.45, 2.75) is 309 Å². The lowest BCUT2D eigenvalue weighted by Gasteiger charge is -2.18. The first kappa shape index (κ1) is 73.1. The predicted molar refractivity (Wildman–Crippen MR) is 334 cm³/mol. The molecule has 0 aliphatic heterocycles. The van der Waals surface area contributed by atoms with Gasteiger partial charge < -0.3 is 14.2 Å². The van der Waals surface area contributed by atoms with E-state index in [-0.39, 0.29) is 31.1 Å². The van der Waals surface area contributed by atoms with Crippen LogP contribution < -0.4 is 0 Å². The molecule has 0 N–H and O–H groups in total. The van der Waals surface area contributed by atoms with Crippen molar-refractivity contribution in [1.82, 2.24) is 0 Å². The van der Waals surface area contributed by atoms with Crippen LogP contribution in [0.4, 0.5) is 0 Å². The molecule has 77 heavy (non-hydrogen) atoms. The number of carbonyl (C=O) groups is 3. The van der Waals surface area contributed by atoms with Gasteiger partial charge in [-0.1, -0.05) is 291 Å². The van der Waals surface area contributed by atoms with Crippen LogP contribution in [-0.2, 0) is 28.6 Å². The first-order valence-corrected chi connectivity index (χ1v) is 32.4. The molecule has 0 saturated heterocycles. The number of unbranched alkanes of at least 4 members (excludes halogenated alkanes) is 29. The molecule has 0 fully saturated rings. The summed E-state index contributed by atoms with van der Waals surface area (Å²) in [5, 5.41) is 0. The van der Waals surface area contributed by atoms with Crippen molar-refractivity contribution in [2.24, 2.45) is 0 Å². The second kappa shape index (κ2) is 64.6. The first-order chi connectivity index (χ1) is 38.0. The van der Waals surface area contributed by atoms with Crippen LogP contribution in [0.15, 0.2) is 109 Å². The Labute approximate surface area is 476 Å². The number of allylic oxidation sites excluding steroid dienone is 18. The Balaban J connectivity index is 4.42. The topological polar surface area (TPSA) is 78.9 Å². The van der Waals surface area contributed by atoms with Crippen LogP contribution in [0.3, 0.4) is 0 Å². The van der Waals surface area contributed by atoms with Gasteiger partial charge in [0, 0.05) is 19.3 Å². The molecule has 6 nitrogen and oxygen atoms in total. The van der Waals surface area contributed by atoms with E-state index in [0.29, 0.717) is 19.3 Å². The summed E-state index contributed by atoms with van der Waals surface area (Å²) >= 11 is 0. The summed E-state index contributed by atoms with van der Waals surface area (Å²) in [7, 11) is 0. The number of ether oxygens (including phenoxy) is 3. The quantitative estimate of drug-likeness (QED) is 0.0261. The molecule has 0 spiro atoms. The Morgan fingerprint density at radius 3 is 0.844 bits per heavy atom. The maximum absolute atomic E-state index is 12.9. The Kier molecular flexibility index (Phi) is 61.3. The lowest BCUT2D eigenvalue weighted by Crippen LogP contribution is -2.30. The summed E-state index contributed by atoms with van der Waals surface area (Å²) in [6.07, 6.45) is 88.1. The molecule has 0 aromatic heterocycles. The van der Waals surface area contributed by atoms with E-state index in [9.17, 15) is 14.4 Å². The summed E-state index contributed by atoms with van der Waals surface area (Å²) in [4.78, 5) is 38.3. The van der Waals surface area contributed by atoms with Gasteiger partial charge in [-0.3, -0.25) is 14.4 Å². The van der Waals surface area contributed by atoms with Crippen molar-refractivity contribution in [2.75, 3.05) is 13.2 Å². The number of esters is 3. The third-order valence-electron chi connectivity index (χ3n) is 13.8. The summed E-state index contributed by atoms with van der Waals surface area (Å²) in [6.45, 7) is 6.47. The molecule has 0 rings (SSSR count). The van der Waals surface area contributed by atoms with Crippen molar-refractivity contribution >= 4 is 17.9 Å². The lowest BCUT2D eigenvalue weighted by molar-refractivity contribution is -0.167. The van der Waals surface area contributed by atoms with E-state index in [4.69, 9.17) is 14.2 Å². The molecule has 0 amide bonds. The van der Waals surface area contributed by atoms with Gasteiger partial charge in [0.15, 0.2) is 6.10 Å². The van der Waals surface area contributed by atoms with E-state index in [1.54, 1.807) is 0 Å². The Hall–Kier alpha value is -3.93. The van der Waals surface area contributed by atoms with Gasteiger partial charge in [-0.05, 0) is 103 Å². The molecular formula is C71H120O6. The highest BCUT2D eigenvalue weighted by atomic mass is 16.6. The fourth-order valence-corrected chi connectivity index (χ4v) is 8.91. The maximum atomic E-state index is 12.9. The fourth-order valence-electron chi connectivity index (χ4n) is 8.91. The highest BCUT2D eigenvalue weighted by Gasteiger charge is 2.19. The standard InChI is InChI=1S/C71H120O6/c1-4-7-10-13-16-19-22-25-28-30-32-34-35-36-37-38-40-41-43-46-49-52-55-58-61-64-70(73)76-67-68(66-75-69(72)63-60-57-54-51-48-45-27-24-21-18-15-12-9-6-3)77-71(74)65-62-59-56-53-50-47-44-42-39-33-31-29-26-23-20-17-14-11-8-5-2/h7,10,15-16,18-19,24-25,27-28,32,34,36-37,40-41,46,49,68H,4-6,8-9,11-14,17,20-23,26,29-31,33,35,38-39,42-45,47-48,50-67H2,1-3H3/b10-7-,18-15-,19-16-,27-24-,28-25-,34-32-,37-36-,41-40-,49-46-. The second-order valence-electron chi connectivity index (χ2n) is 21.3. The summed E-state index contributed by atoms with van der Waals surface area (Å²) in [5.74, 6) is -0.932. The number of carbonyl (C=O) groups excluding carboxylic acids is 3. The monoisotopic (exact) mass is 1070 g/mol. The molecule has 0 heterocycles. The van der Waals surface area contributed by atoms with Crippen LogP contribution in [-0.4, -0.2) is 37.2 Å². The van der Waals surface area contributed by atoms with E-state index in [2.05, 4.69) is 130 Å². The summed E-state index contributed by atoms with van der Waals surface area (Å²) in [5.41, 5.74) is 0. The highest BCUT2D eigenvalue weighted by molar-refractivity contribution is 5.71. The molecule has 6 heteroatoms. The summed E-state index contributed by atoms with van der Waals surface area (Å²) < 4.78 is 16.9. The van der Waals surface area contributed by atoms with E-state index in [1.807, 2.05) is 0 Å². The Bertz CT molecular complexity index is 1560. The average Bonchev–Trinajstić information content (AvgIpc) is 3.43. The van der Waals surface area contributed by atoms with Crippen LogP contribution in [0.2, 0.25) is 0 Å². The maximum Gasteiger partial charge on any atom is 0.306 e. The number of hydrogen-bond donors (Lipinski definition) is 0. The van der Waals surface area contributed by atoms with Gasteiger partial charge in [-0.25, -0.2) is 0 Å². The third-order valence-corrected chi connectivity index (χ3v) is 13.8. The fraction of sp³-hybridized carbons (Fsp3) is 0.704. The van der Waals surface area contributed by atoms with Crippen LogP contribution in [0.1, 0.15) is 303 Å². The number of rotatable bonds is 58. The lowest BCUT2D eigenvalue weighted by atomic mass is 10.0. The minimum Gasteiger partial charge on any atom is -0.462 e. The number of hydrogen-bond acceptors (Lipinski definition) is 6. The van der Waals surface area contributed by atoms with Gasteiger partial charge in [0.25, 0.3) is 0 Å². The zero-order valence-corrected chi connectivity index (χ0v) is 50.4. The average molecular weight is 1070 g/mol. The Morgan fingerprint density at radius 2 is 0.519 bits per heavy atom. The largest absolute Gasteiger partial charge is 0.462 e. The molecule has 1 unspecified atom stereocenters. The normalized spacial score (nSPS) is 12.8. The SMILES string of the molecule is CC/C=C\C/C=C\C/C=C\C/C=C\C/C=C\C/C=C\C/C=C\CCCCCC(=O)OCC(COC(=O)CCCCCCC/C=C\C/C=C\CCCC)OC(=O)CCCCCCCCCCCCCCCCCCCCCC. The smallest absolute Gasteiger partial charge is 0.306 e. The Morgan fingerprint density at radius 1 is 0.273 bits per heavy atom. The molecule has 0 aromatic carbocycles. The molecule has 0 saturated carbocycles. The van der Waals surface area contributed by atoms with Crippen molar-refractivity contribution in [3.8, 4) is 0 Å². The molecule has 1 atom stereocenters. The molecule has 0 aromatic rings. The van der Waals surface area contributed by atoms with E-state index < -0.39 is 6.10 Å². The molecule has 0 bridgehead atoms. The molecule has 0 radical (unpaired) electrons. The van der Waals surface area contributed by atoms with Gasteiger partial charge in [0.05, 0.1) is 0 Å². The van der Waals surface area contributed by atoms with Crippen molar-refractivity contribution < 1.29 is 28.6 Å². The van der Waals surface area contributed by atoms with Gasteiger partial charge in [0.2, 0.25) is 0 Å². The van der Waals surface area contributed by atoms with Crippen molar-refractivity contribution in [3.63, 3.8) is 0 Å². The molecular weight excluding hydrogens is 949 g/mol. The molecule has 440 valence electrons. The zero-order chi connectivity index (χ0) is 55.7. The molecule has 0 aliphatic rings. The van der Waals surface area contributed by atoms with Gasteiger partial charge in [0.1, 0.15) is 13.2 Å². The first-order valence-electron chi connectivity index (χ1n) is 32.4. The third kappa shape index (κ3) is 62.8. The highest BCUT2D eigenvalue weighted by Crippen LogP contribution is 2.16. The van der Waals surface area contributed by atoms with Crippen LogP contribution in [0, 0.1) is 0 Å². The van der Waals surface area contributed by atoms with Gasteiger partial charge in [-0.2, -0.15) is 0 Å². The van der Waals surface area contributed by atoms with E-state index >= 15 is 0 Å². The zero-order valence-electron chi connectivity index (χ0n) is 50.4. The minimum atomic E-state index is -0.799. The summed E-state index contributed by atoms with van der Waals surface area (Å²) in [6, 6.07) is 0. The predicted octanol–water partition coefficient (Wildman–Crippen LogP) is 22.2. The molecule has 0 aliphatic carbocycles. The second-order valence-corrected chi connectivity index (χ2v) is 21.3.